The molecule has 0 bridgehead atoms. The van der Waals surface area contributed by atoms with Gasteiger partial charge in [0.2, 0.25) is 0 Å². The summed E-state index contributed by atoms with van der Waals surface area (Å²) in [5.74, 6) is -2.46. The monoisotopic (exact) mass is 418 g/mol. The number of pyridine rings is 2. The third-order valence-corrected chi connectivity index (χ3v) is 5.12. The van der Waals surface area contributed by atoms with E-state index in [0.717, 1.165) is 11.8 Å². The second-order valence-electron chi connectivity index (χ2n) is 7.23. The van der Waals surface area contributed by atoms with E-state index in [2.05, 4.69) is 25.6 Å². The Morgan fingerprint density at radius 1 is 1.20 bits per heavy atom. The topological polar surface area (TPSA) is 85.9 Å². The predicted molar refractivity (Wildman–Crippen MR) is 109 cm³/mol. The van der Waals surface area contributed by atoms with Crippen LogP contribution in [0, 0.1) is 5.82 Å². The molecule has 1 fully saturated rings. The van der Waals surface area contributed by atoms with Crippen LogP contribution in [0.2, 0.25) is 0 Å². The van der Waals surface area contributed by atoms with Crippen molar-refractivity contribution < 1.29 is 18.0 Å². The van der Waals surface area contributed by atoms with E-state index in [1.807, 2.05) is 11.8 Å². The number of piperidine rings is 1. The number of aromatic amines is 1. The van der Waals surface area contributed by atoms with Gasteiger partial charge in [0.1, 0.15) is 17.3 Å². The number of aryl methyl sites for hydroxylation is 1. The number of amides is 2. The van der Waals surface area contributed by atoms with Crippen LogP contribution in [0.25, 0.3) is 11.0 Å². The Hall–Kier alpha value is -3.30. The van der Waals surface area contributed by atoms with E-state index >= 15 is 0 Å². The molecular formula is C20H21F3N6O. The summed E-state index contributed by atoms with van der Waals surface area (Å²) in [6.07, 6.45) is 4.37. The Balaban J connectivity index is 1.46. The number of hydrogen-bond acceptors (Lipinski definition) is 4. The molecule has 7 nitrogen and oxygen atoms in total. The van der Waals surface area contributed by atoms with Crippen molar-refractivity contribution in [1.29, 1.82) is 0 Å². The number of nitrogens with one attached hydrogen (secondary N) is 3. The Labute approximate surface area is 170 Å². The Morgan fingerprint density at radius 3 is 2.70 bits per heavy atom. The van der Waals surface area contributed by atoms with Gasteiger partial charge in [-0.2, -0.15) is 0 Å². The summed E-state index contributed by atoms with van der Waals surface area (Å²) < 4.78 is 40.3. The average molecular weight is 418 g/mol. The summed E-state index contributed by atoms with van der Waals surface area (Å²) in [5, 5.41) is 5.81. The predicted octanol–water partition coefficient (Wildman–Crippen LogP) is 4.54. The highest BCUT2D eigenvalue weighted by Crippen LogP contribution is 2.32. The molecule has 1 aliphatic heterocycles. The number of anilines is 3. The fraction of sp³-hybridized carbons (Fsp3) is 0.350. The van der Waals surface area contributed by atoms with E-state index in [4.69, 9.17) is 0 Å². The van der Waals surface area contributed by atoms with Crippen molar-refractivity contribution in [3.05, 3.63) is 42.1 Å². The highest BCUT2D eigenvalue weighted by Gasteiger charge is 2.34. The summed E-state index contributed by atoms with van der Waals surface area (Å²) in [6, 6.07) is 2.54. The number of hydrogen-bond donors (Lipinski definition) is 3. The molecule has 0 saturated carbocycles. The molecule has 4 rings (SSSR count). The van der Waals surface area contributed by atoms with Crippen LogP contribution >= 0.6 is 0 Å². The van der Waals surface area contributed by atoms with Crippen LogP contribution in [0.1, 0.15) is 25.3 Å². The Bertz CT molecular complexity index is 1070. The van der Waals surface area contributed by atoms with Gasteiger partial charge in [0, 0.05) is 37.5 Å². The number of nitrogens with zero attached hydrogens (tertiary/aromatic N) is 3. The van der Waals surface area contributed by atoms with Crippen LogP contribution in [0.15, 0.2) is 30.7 Å². The van der Waals surface area contributed by atoms with Crippen LogP contribution in [0.3, 0.4) is 0 Å². The lowest BCUT2D eigenvalue weighted by molar-refractivity contribution is -0.0221. The van der Waals surface area contributed by atoms with Gasteiger partial charge >= 0.3 is 6.03 Å². The second kappa shape index (κ2) is 7.85. The van der Waals surface area contributed by atoms with E-state index < -0.39 is 17.8 Å². The van der Waals surface area contributed by atoms with Crippen molar-refractivity contribution in [3.63, 3.8) is 0 Å². The Morgan fingerprint density at radius 2 is 1.97 bits per heavy atom. The number of aromatic nitrogens is 3. The first-order valence-corrected chi connectivity index (χ1v) is 9.67. The first kappa shape index (κ1) is 20.0. The molecule has 10 heteroatoms. The number of H-pyrrole nitrogens is 1. The van der Waals surface area contributed by atoms with Crippen molar-refractivity contribution in [3.8, 4) is 0 Å². The van der Waals surface area contributed by atoms with Gasteiger partial charge in [-0.3, -0.25) is 0 Å². The zero-order valence-corrected chi connectivity index (χ0v) is 16.3. The standard InChI is InChI=1S/C20H21F3N6O/c1-2-12-7-14(10-26-18(12)29-5-3-20(22,23)4-6-29)27-19(30)28-16-11-25-17-15(16)8-13(21)9-24-17/h7-11H,2-6H2,1H3,(H,24,25)(H2,27,28,30). The minimum absolute atomic E-state index is 0.194. The molecule has 158 valence electrons. The van der Waals surface area contributed by atoms with Crippen LogP contribution in [-0.2, 0) is 6.42 Å². The molecule has 0 spiro atoms. The van der Waals surface area contributed by atoms with E-state index in [9.17, 15) is 18.0 Å². The maximum absolute atomic E-state index is 13.4. The van der Waals surface area contributed by atoms with Gasteiger partial charge in [0.25, 0.3) is 5.92 Å². The first-order chi connectivity index (χ1) is 14.3. The lowest BCUT2D eigenvalue weighted by Crippen LogP contribution is -2.40. The fourth-order valence-corrected chi connectivity index (χ4v) is 3.53. The van der Waals surface area contributed by atoms with E-state index in [1.54, 1.807) is 6.07 Å². The number of urea groups is 1. The molecule has 1 aliphatic rings. The first-order valence-electron chi connectivity index (χ1n) is 9.67. The maximum atomic E-state index is 13.4. The zero-order chi connectivity index (χ0) is 21.3. The lowest BCUT2D eigenvalue weighted by atomic mass is 10.1. The van der Waals surface area contributed by atoms with Crippen molar-refractivity contribution >= 4 is 34.3 Å². The number of carbonyl (C=O) groups excluding carboxylic acids is 1. The number of rotatable bonds is 4. The summed E-state index contributed by atoms with van der Waals surface area (Å²) in [4.78, 5) is 25.4. The van der Waals surface area contributed by atoms with E-state index in [1.165, 1.54) is 18.5 Å². The summed E-state index contributed by atoms with van der Waals surface area (Å²) in [6.45, 7) is 2.42. The van der Waals surface area contributed by atoms with Gasteiger partial charge in [0.05, 0.1) is 23.8 Å². The minimum Gasteiger partial charge on any atom is -0.356 e. The fourth-order valence-electron chi connectivity index (χ4n) is 3.53. The minimum atomic E-state index is -2.62. The highest BCUT2D eigenvalue weighted by molar-refractivity contribution is 6.05. The smallest absolute Gasteiger partial charge is 0.323 e. The Kier molecular flexibility index (Phi) is 5.23. The molecular weight excluding hydrogens is 397 g/mol. The van der Waals surface area contributed by atoms with Gasteiger partial charge < -0.3 is 20.5 Å². The normalized spacial score (nSPS) is 15.9. The van der Waals surface area contributed by atoms with Crippen LogP contribution < -0.4 is 15.5 Å². The van der Waals surface area contributed by atoms with Gasteiger partial charge in [-0.25, -0.2) is 27.9 Å². The lowest BCUT2D eigenvalue weighted by Gasteiger charge is -2.33. The van der Waals surface area contributed by atoms with E-state index in [-0.39, 0.29) is 25.9 Å². The third-order valence-electron chi connectivity index (χ3n) is 5.12. The van der Waals surface area contributed by atoms with Crippen molar-refractivity contribution in [2.75, 3.05) is 28.6 Å². The molecule has 3 aromatic heterocycles. The zero-order valence-electron chi connectivity index (χ0n) is 16.3. The molecule has 0 atom stereocenters. The van der Waals surface area contributed by atoms with Gasteiger partial charge in [-0.15, -0.1) is 0 Å². The van der Waals surface area contributed by atoms with Gasteiger partial charge in [0.15, 0.2) is 0 Å². The summed E-state index contributed by atoms with van der Waals surface area (Å²) in [5.41, 5.74) is 2.18. The highest BCUT2D eigenvalue weighted by atomic mass is 19.3. The van der Waals surface area contributed by atoms with E-state index in [0.29, 0.717) is 34.6 Å². The SMILES string of the molecule is CCc1cc(NC(=O)Nc2c[nH]c3ncc(F)cc23)cnc1N1CCC(F)(F)CC1. The largest absolute Gasteiger partial charge is 0.356 e. The van der Waals surface area contributed by atoms with Crippen molar-refractivity contribution in [1.82, 2.24) is 15.0 Å². The molecule has 1 saturated heterocycles. The summed E-state index contributed by atoms with van der Waals surface area (Å²) >= 11 is 0. The molecule has 0 unspecified atom stereocenters. The molecule has 3 N–H and O–H groups in total. The van der Waals surface area contributed by atoms with Crippen LogP contribution in [0.5, 0.6) is 0 Å². The molecule has 30 heavy (non-hydrogen) atoms. The molecule has 4 heterocycles. The number of halogens is 3. The molecule has 0 radical (unpaired) electrons. The third kappa shape index (κ3) is 4.17. The molecule has 2 amide bonds. The van der Waals surface area contributed by atoms with Crippen LogP contribution in [0.4, 0.5) is 35.2 Å². The second-order valence-corrected chi connectivity index (χ2v) is 7.23. The molecule has 0 aliphatic carbocycles. The van der Waals surface area contributed by atoms with Gasteiger partial charge in [-0.05, 0) is 24.1 Å². The quantitative estimate of drug-likeness (QED) is 0.581. The van der Waals surface area contributed by atoms with Gasteiger partial charge in [-0.1, -0.05) is 6.92 Å². The molecule has 0 aromatic carbocycles. The number of fused-ring (bicyclic) bond motifs is 1. The average Bonchev–Trinajstić information content (AvgIpc) is 3.10. The number of alkyl halides is 2. The molecule has 3 aromatic rings. The van der Waals surface area contributed by atoms with Crippen LogP contribution in [-0.4, -0.2) is 40.0 Å². The maximum Gasteiger partial charge on any atom is 0.323 e. The number of carbonyl (C=O) groups is 1. The van der Waals surface area contributed by atoms with Crippen molar-refractivity contribution in [2.45, 2.75) is 32.1 Å². The summed E-state index contributed by atoms with van der Waals surface area (Å²) in [7, 11) is 0. The van der Waals surface area contributed by atoms with Crippen molar-refractivity contribution in [2.24, 2.45) is 0 Å².